The molecule has 2 fully saturated rings. The van der Waals surface area contributed by atoms with Gasteiger partial charge in [-0.2, -0.15) is 0 Å². The fourth-order valence-corrected chi connectivity index (χ4v) is 4.67. The van der Waals surface area contributed by atoms with E-state index in [1.165, 1.54) is 10.9 Å². The number of carbonyl (C=O) groups is 1. The standard InChI is InChI=1S/C21H27FN4OS/c22-19-5-1-2-6-20(19)25-11-13-26(14-12-25)21(27)17-24-9-7-23(8-10-24)16-18-4-3-15-28-18/h1-6,15H,7-14,16-17H2. The van der Waals surface area contributed by atoms with Crippen LogP contribution in [0.4, 0.5) is 10.1 Å². The lowest BCUT2D eigenvalue weighted by Gasteiger charge is -2.38. The van der Waals surface area contributed by atoms with Gasteiger partial charge in [0.1, 0.15) is 5.82 Å². The number of amides is 1. The van der Waals surface area contributed by atoms with Crippen molar-refractivity contribution in [1.82, 2.24) is 14.7 Å². The summed E-state index contributed by atoms with van der Waals surface area (Å²) in [5.41, 5.74) is 0.636. The number of nitrogens with zero attached hydrogens (tertiary/aromatic N) is 4. The summed E-state index contributed by atoms with van der Waals surface area (Å²) in [5, 5.41) is 2.12. The molecule has 1 aromatic carbocycles. The third-order valence-corrected chi connectivity index (χ3v) is 6.47. The Morgan fingerprint density at radius 2 is 1.61 bits per heavy atom. The third kappa shape index (κ3) is 4.71. The number of anilines is 1. The van der Waals surface area contributed by atoms with E-state index in [1.807, 2.05) is 21.9 Å². The smallest absolute Gasteiger partial charge is 0.236 e. The number of rotatable bonds is 5. The van der Waals surface area contributed by atoms with Crippen LogP contribution in [0.2, 0.25) is 0 Å². The molecule has 4 rings (SSSR count). The molecular weight excluding hydrogens is 375 g/mol. The van der Waals surface area contributed by atoms with E-state index in [0.717, 1.165) is 32.7 Å². The molecule has 1 amide bonds. The zero-order valence-electron chi connectivity index (χ0n) is 16.1. The van der Waals surface area contributed by atoms with Crippen LogP contribution in [0.15, 0.2) is 41.8 Å². The Kier molecular flexibility index (Phi) is 6.24. The maximum Gasteiger partial charge on any atom is 0.236 e. The molecule has 0 atom stereocenters. The molecule has 2 aliphatic rings. The summed E-state index contributed by atoms with van der Waals surface area (Å²) in [6, 6.07) is 11.1. The monoisotopic (exact) mass is 402 g/mol. The first kappa shape index (κ1) is 19.4. The second kappa shape index (κ2) is 9.03. The van der Waals surface area contributed by atoms with Crippen molar-refractivity contribution in [3.63, 3.8) is 0 Å². The van der Waals surface area contributed by atoms with Gasteiger partial charge >= 0.3 is 0 Å². The molecule has 0 N–H and O–H groups in total. The van der Waals surface area contributed by atoms with Gasteiger partial charge < -0.3 is 9.80 Å². The number of para-hydroxylation sites is 1. The van der Waals surface area contributed by atoms with Gasteiger partial charge in [-0.25, -0.2) is 4.39 Å². The molecule has 1 aromatic heterocycles. The van der Waals surface area contributed by atoms with Gasteiger partial charge in [0.25, 0.3) is 0 Å². The Labute approximate surface area is 169 Å². The zero-order valence-corrected chi connectivity index (χ0v) is 16.9. The van der Waals surface area contributed by atoms with Crippen LogP contribution < -0.4 is 4.90 Å². The van der Waals surface area contributed by atoms with E-state index >= 15 is 0 Å². The molecule has 5 nitrogen and oxygen atoms in total. The summed E-state index contributed by atoms with van der Waals surface area (Å²) in [6.07, 6.45) is 0. The minimum atomic E-state index is -0.192. The molecule has 3 heterocycles. The van der Waals surface area contributed by atoms with E-state index in [4.69, 9.17) is 0 Å². The van der Waals surface area contributed by atoms with Crippen molar-refractivity contribution in [2.75, 3.05) is 63.8 Å². The molecule has 0 spiro atoms. The molecular formula is C21H27FN4OS. The van der Waals surface area contributed by atoms with Gasteiger partial charge in [-0.3, -0.25) is 14.6 Å². The highest BCUT2D eigenvalue weighted by atomic mass is 32.1. The number of thiophene rings is 1. The van der Waals surface area contributed by atoms with E-state index in [2.05, 4.69) is 27.3 Å². The first-order valence-electron chi connectivity index (χ1n) is 9.93. The van der Waals surface area contributed by atoms with E-state index in [1.54, 1.807) is 17.4 Å². The zero-order chi connectivity index (χ0) is 19.3. The highest BCUT2D eigenvalue weighted by Gasteiger charge is 2.25. The first-order chi connectivity index (χ1) is 13.7. The lowest BCUT2D eigenvalue weighted by molar-refractivity contribution is -0.133. The number of halogens is 1. The lowest BCUT2D eigenvalue weighted by atomic mass is 10.2. The molecule has 0 radical (unpaired) electrons. The van der Waals surface area contributed by atoms with Gasteiger partial charge in [0.2, 0.25) is 5.91 Å². The van der Waals surface area contributed by atoms with Crippen LogP contribution in [0.3, 0.4) is 0 Å². The number of carbonyl (C=O) groups excluding carboxylic acids is 1. The van der Waals surface area contributed by atoms with Gasteiger partial charge in [0.05, 0.1) is 12.2 Å². The maximum atomic E-state index is 14.0. The van der Waals surface area contributed by atoms with E-state index in [9.17, 15) is 9.18 Å². The molecule has 2 aromatic rings. The van der Waals surface area contributed by atoms with Crippen molar-refractivity contribution < 1.29 is 9.18 Å². The number of piperazine rings is 2. The fraction of sp³-hybridized carbons (Fsp3) is 0.476. The SMILES string of the molecule is O=C(CN1CCN(Cc2cccs2)CC1)N1CCN(c2ccccc2F)CC1. The van der Waals surface area contributed by atoms with Crippen LogP contribution in [0, 0.1) is 5.82 Å². The molecule has 0 bridgehead atoms. The lowest BCUT2D eigenvalue weighted by Crippen LogP contribution is -2.53. The Bertz CT molecular complexity index is 768. The molecule has 7 heteroatoms. The van der Waals surface area contributed by atoms with Crippen molar-refractivity contribution in [1.29, 1.82) is 0 Å². The van der Waals surface area contributed by atoms with Crippen LogP contribution in [0.5, 0.6) is 0 Å². The van der Waals surface area contributed by atoms with Crippen LogP contribution in [0.25, 0.3) is 0 Å². The quantitative estimate of drug-likeness (QED) is 0.768. The van der Waals surface area contributed by atoms with Crippen molar-refractivity contribution in [2.24, 2.45) is 0 Å². The predicted octanol–water partition coefficient (Wildman–Crippen LogP) is 2.35. The molecule has 150 valence electrons. The van der Waals surface area contributed by atoms with Gasteiger partial charge in [0, 0.05) is 63.8 Å². The Balaban J connectivity index is 1.20. The molecule has 2 saturated heterocycles. The molecule has 0 aliphatic carbocycles. The predicted molar refractivity (Wildman–Crippen MR) is 111 cm³/mol. The minimum Gasteiger partial charge on any atom is -0.366 e. The van der Waals surface area contributed by atoms with Crippen molar-refractivity contribution >= 4 is 22.9 Å². The van der Waals surface area contributed by atoms with Crippen LogP contribution in [-0.2, 0) is 11.3 Å². The summed E-state index contributed by atoms with van der Waals surface area (Å²) in [4.78, 5) is 22.8. The number of hydrogen-bond donors (Lipinski definition) is 0. The summed E-state index contributed by atoms with van der Waals surface area (Å²) in [5.74, 6) is 0.00239. The van der Waals surface area contributed by atoms with Crippen LogP contribution >= 0.6 is 11.3 Å². The van der Waals surface area contributed by atoms with Crippen molar-refractivity contribution in [2.45, 2.75) is 6.54 Å². The van der Waals surface area contributed by atoms with E-state index < -0.39 is 0 Å². The highest BCUT2D eigenvalue weighted by Crippen LogP contribution is 2.20. The van der Waals surface area contributed by atoms with Crippen LogP contribution in [-0.4, -0.2) is 79.5 Å². The highest BCUT2D eigenvalue weighted by molar-refractivity contribution is 7.09. The van der Waals surface area contributed by atoms with Gasteiger partial charge in [-0.05, 0) is 23.6 Å². The normalized spacial score (nSPS) is 19.2. The van der Waals surface area contributed by atoms with E-state index in [-0.39, 0.29) is 11.7 Å². The summed E-state index contributed by atoms with van der Waals surface area (Å²) in [7, 11) is 0. The Morgan fingerprint density at radius 1 is 0.893 bits per heavy atom. The summed E-state index contributed by atoms with van der Waals surface area (Å²) < 4.78 is 14.0. The van der Waals surface area contributed by atoms with Gasteiger partial charge in [-0.15, -0.1) is 11.3 Å². The average molecular weight is 403 g/mol. The largest absolute Gasteiger partial charge is 0.366 e. The summed E-state index contributed by atoms with van der Waals surface area (Å²) in [6.45, 7) is 8.07. The average Bonchev–Trinajstić information content (AvgIpc) is 3.23. The number of hydrogen-bond acceptors (Lipinski definition) is 5. The van der Waals surface area contributed by atoms with E-state index in [0.29, 0.717) is 38.4 Å². The van der Waals surface area contributed by atoms with Gasteiger partial charge in [-0.1, -0.05) is 18.2 Å². The first-order valence-corrected chi connectivity index (χ1v) is 10.8. The minimum absolute atomic E-state index is 0.192. The Morgan fingerprint density at radius 3 is 2.29 bits per heavy atom. The maximum absolute atomic E-state index is 14.0. The second-order valence-corrected chi connectivity index (χ2v) is 8.48. The molecule has 0 unspecified atom stereocenters. The van der Waals surface area contributed by atoms with Crippen molar-refractivity contribution in [3.8, 4) is 0 Å². The second-order valence-electron chi connectivity index (χ2n) is 7.45. The fourth-order valence-electron chi connectivity index (χ4n) is 3.92. The van der Waals surface area contributed by atoms with Gasteiger partial charge in [0.15, 0.2) is 0 Å². The molecule has 0 saturated carbocycles. The van der Waals surface area contributed by atoms with Crippen LogP contribution in [0.1, 0.15) is 4.88 Å². The van der Waals surface area contributed by atoms with Crippen molar-refractivity contribution in [3.05, 3.63) is 52.5 Å². The summed E-state index contributed by atoms with van der Waals surface area (Å²) >= 11 is 1.80. The molecule has 2 aliphatic heterocycles. The topological polar surface area (TPSA) is 30.0 Å². The third-order valence-electron chi connectivity index (χ3n) is 5.61. The number of benzene rings is 1. The Hall–Kier alpha value is -1.96. The molecule has 28 heavy (non-hydrogen) atoms.